The molecule has 0 heterocycles. The van der Waals surface area contributed by atoms with Crippen molar-refractivity contribution >= 4 is 28.9 Å². The maximum Gasteiger partial charge on any atom is 0.119 e. The van der Waals surface area contributed by atoms with Gasteiger partial charge in [0.1, 0.15) is 12.4 Å². The van der Waals surface area contributed by atoms with Crippen molar-refractivity contribution in [3.8, 4) is 5.75 Å². The van der Waals surface area contributed by atoms with E-state index >= 15 is 0 Å². The van der Waals surface area contributed by atoms with E-state index < -0.39 is 0 Å². The molecule has 2 N–H and O–H groups in total. The average molecular weight is 302 g/mol. The molecule has 2 rings (SSSR count). The highest BCUT2D eigenvalue weighted by Gasteiger charge is 2.00. The molecule has 0 unspecified atom stereocenters. The van der Waals surface area contributed by atoms with Crippen LogP contribution >= 0.6 is 11.6 Å². The van der Waals surface area contributed by atoms with Crippen LogP contribution in [0.25, 0.3) is 11.6 Å². The number of allylic oxidation sites excluding steroid dienone is 1. The van der Waals surface area contributed by atoms with Gasteiger partial charge in [0.05, 0.1) is 5.88 Å². The summed E-state index contributed by atoms with van der Waals surface area (Å²) in [5.74, 6) is 1.34. The summed E-state index contributed by atoms with van der Waals surface area (Å²) in [6, 6.07) is 16.0. The van der Waals surface area contributed by atoms with Gasteiger partial charge in [-0.25, -0.2) is 0 Å². The number of anilines is 1. The van der Waals surface area contributed by atoms with Gasteiger partial charge in [-0.15, -0.1) is 11.6 Å². The van der Waals surface area contributed by atoms with Gasteiger partial charge in [0.15, 0.2) is 0 Å². The van der Waals surface area contributed by atoms with Crippen LogP contribution in [-0.4, -0.2) is 12.5 Å². The van der Waals surface area contributed by atoms with E-state index in [1.165, 1.54) is 11.1 Å². The highest BCUT2D eigenvalue weighted by molar-refractivity contribution is 6.18. The Morgan fingerprint density at radius 1 is 1.10 bits per heavy atom. The van der Waals surface area contributed by atoms with E-state index in [0.717, 1.165) is 23.4 Å². The predicted molar refractivity (Wildman–Crippen MR) is 91.7 cm³/mol. The summed E-state index contributed by atoms with van der Waals surface area (Å²) in [5, 5.41) is 0. The molecule has 0 aromatic heterocycles. The van der Waals surface area contributed by atoms with Crippen LogP contribution in [0.2, 0.25) is 0 Å². The number of benzene rings is 2. The Bertz CT molecular complexity index is 588. The van der Waals surface area contributed by atoms with Gasteiger partial charge in [-0.2, -0.15) is 0 Å². The van der Waals surface area contributed by atoms with Crippen molar-refractivity contribution in [2.24, 2.45) is 0 Å². The fraction of sp³-hybridized carbons (Fsp3) is 0.222. The number of halogens is 1. The van der Waals surface area contributed by atoms with Gasteiger partial charge < -0.3 is 10.5 Å². The summed E-state index contributed by atoms with van der Waals surface area (Å²) in [6.07, 6.45) is 3.16. The third-order valence-electron chi connectivity index (χ3n) is 3.23. The smallest absolute Gasteiger partial charge is 0.119 e. The van der Waals surface area contributed by atoms with Gasteiger partial charge in [0, 0.05) is 5.69 Å². The number of hydrogen-bond donors (Lipinski definition) is 1. The maximum atomic E-state index is 5.73. The molecule has 0 saturated heterocycles. The molecule has 0 aliphatic carbocycles. The Morgan fingerprint density at radius 3 is 2.33 bits per heavy atom. The van der Waals surface area contributed by atoms with Gasteiger partial charge in [0.2, 0.25) is 0 Å². The molecule has 0 fully saturated rings. The lowest BCUT2D eigenvalue weighted by atomic mass is 10.0. The summed E-state index contributed by atoms with van der Waals surface area (Å²) in [6.45, 7) is 2.68. The third kappa shape index (κ3) is 4.54. The Morgan fingerprint density at radius 2 is 1.76 bits per heavy atom. The number of ether oxygens (including phenoxy) is 1. The van der Waals surface area contributed by atoms with Crippen LogP contribution in [0.3, 0.4) is 0 Å². The van der Waals surface area contributed by atoms with Crippen LogP contribution in [-0.2, 0) is 0 Å². The topological polar surface area (TPSA) is 35.2 Å². The molecule has 0 radical (unpaired) electrons. The van der Waals surface area contributed by atoms with Crippen LogP contribution < -0.4 is 10.5 Å². The molecular formula is C18H20ClNO. The van der Waals surface area contributed by atoms with Crippen molar-refractivity contribution in [2.45, 2.75) is 13.3 Å². The number of alkyl halides is 1. The molecule has 3 heteroatoms. The van der Waals surface area contributed by atoms with Gasteiger partial charge in [-0.1, -0.05) is 37.3 Å². The second-order valence-corrected chi connectivity index (χ2v) is 5.13. The first kappa shape index (κ1) is 15.5. The van der Waals surface area contributed by atoms with Crippen molar-refractivity contribution < 1.29 is 4.74 Å². The minimum atomic E-state index is 0.499. The van der Waals surface area contributed by atoms with E-state index in [-0.39, 0.29) is 0 Å². The van der Waals surface area contributed by atoms with Crippen LogP contribution in [0.5, 0.6) is 5.75 Å². The quantitative estimate of drug-likeness (QED) is 0.471. The molecular weight excluding hydrogens is 282 g/mol. The third-order valence-corrected chi connectivity index (χ3v) is 3.38. The van der Waals surface area contributed by atoms with Crippen molar-refractivity contribution in [1.29, 1.82) is 0 Å². The molecule has 0 amide bonds. The van der Waals surface area contributed by atoms with Gasteiger partial charge in [0.25, 0.3) is 0 Å². The number of nitrogens with two attached hydrogens (primary N) is 1. The molecule has 0 aliphatic heterocycles. The van der Waals surface area contributed by atoms with Crippen molar-refractivity contribution in [2.75, 3.05) is 18.2 Å². The standard InChI is InChI=1S/C18H20ClNO/c1-2-15(16-5-7-17(20)8-6-16)13-14-3-9-18(10-4-14)21-12-11-19/h3-10,13H,2,11-12,20H2,1H3/b15-13-. The van der Waals surface area contributed by atoms with E-state index in [9.17, 15) is 0 Å². The molecule has 2 aromatic carbocycles. The fourth-order valence-corrected chi connectivity index (χ4v) is 2.18. The summed E-state index contributed by atoms with van der Waals surface area (Å²) >= 11 is 5.61. The molecule has 2 nitrogen and oxygen atoms in total. The van der Waals surface area contributed by atoms with Gasteiger partial charge in [-0.3, -0.25) is 0 Å². The maximum absolute atomic E-state index is 5.73. The first-order valence-corrected chi connectivity index (χ1v) is 7.61. The lowest BCUT2D eigenvalue weighted by Gasteiger charge is -2.07. The second-order valence-electron chi connectivity index (χ2n) is 4.75. The van der Waals surface area contributed by atoms with Crippen LogP contribution in [0.1, 0.15) is 24.5 Å². The summed E-state index contributed by atoms with van der Waals surface area (Å²) < 4.78 is 5.47. The monoisotopic (exact) mass is 301 g/mol. The Balaban J connectivity index is 2.17. The Labute approximate surface area is 131 Å². The number of hydrogen-bond acceptors (Lipinski definition) is 2. The van der Waals surface area contributed by atoms with Crippen molar-refractivity contribution in [3.63, 3.8) is 0 Å². The van der Waals surface area contributed by atoms with Gasteiger partial charge in [-0.05, 0) is 47.4 Å². The Hall–Kier alpha value is -1.93. The van der Waals surface area contributed by atoms with Crippen LogP contribution in [0, 0.1) is 0 Å². The van der Waals surface area contributed by atoms with E-state index in [4.69, 9.17) is 22.1 Å². The van der Waals surface area contributed by atoms with E-state index in [1.807, 2.05) is 24.3 Å². The normalized spacial score (nSPS) is 11.4. The van der Waals surface area contributed by atoms with E-state index in [0.29, 0.717) is 12.5 Å². The number of rotatable bonds is 6. The lowest BCUT2D eigenvalue weighted by Crippen LogP contribution is -1.97. The predicted octanol–water partition coefficient (Wildman–Crippen LogP) is 4.84. The highest BCUT2D eigenvalue weighted by Crippen LogP contribution is 2.23. The zero-order valence-electron chi connectivity index (χ0n) is 12.2. The summed E-state index contributed by atoms with van der Waals surface area (Å²) in [4.78, 5) is 0. The highest BCUT2D eigenvalue weighted by atomic mass is 35.5. The first-order valence-electron chi connectivity index (χ1n) is 7.08. The molecule has 0 aliphatic rings. The average Bonchev–Trinajstić information content (AvgIpc) is 2.53. The van der Waals surface area contributed by atoms with Crippen LogP contribution in [0.4, 0.5) is 5.69 Å². The van der Waals surface area contributed by atoms with Gasteiger partial charge >= 0.3 is 0 Å². The molecule has 2 aromatic rings. The van der Waals surface area contributed by atoms with E-state index in [2.05, 4.69) is 37.3 Å². The zero-order chi connectivity index (χ0) is 15.1. The fourth-order valence-electron chi connectivity index (χ4n) is 2.10. The number of nitrogen functional groups attached to an aromatic ring is 1. The largest absolute Gasteiger partial charge is 0.492 e. The molecule has 0 saturated carbocycles. The Kier molecular flexibility index (Phi) is 5.70. The molecule has 0 atom stereocenters. The molecule has 110 valence electrons. The minimum Gasteiger partial charge on any atom is -0.492 e. The zero-order valence-corrected chi connectivity index (χ0v) is 12.9. The van der Waals surface area contributed by atoms with Crippen molar-refractivity contribution in [1.82, 2.24) is 0 Å². The summed E-state index contributed by atoms with van der Waals surface area (Å²) in [7, 11) is 0. The molecule has 0 bridgehead atoms. The summed E-state index contributed by atoms with van der Waals surface area (Å²) in [5.41, 5.74) is 10.2. The van der Waals surface area contributed by atoms with Crippen molar-refractivity contribution in [3.05, 3.63) is 59.7 Å². The minimum absolute atomic E-state index is 0.499. The second kappa shape index (κ2) is 7.75. The van der Waals surface area contributed by atoms with E-state index in [1.54, 1.807) is 0 Å². The first-order chi connectivity index (χ1) is 10.2. The van der Waals surface area contributed by atoms with Crippen LogP contribution in [0.15, 0.2) is 48.5 Å². The molecule has 21 heavy (non-hydrogen) atoms. The molecule has 0 spiro atoms. The lowest BCUT2D eigenvalue weighted by molar-refractivity contribution is 0.343. The SMILES string of the molecule is CC/C(=C/c1ccc(OCCCl)cc1)c1ccc(N)cc1.